The normalized spacial score (nSPS) is 11.1. The fourth-order valence-electron chi connectivity index (χ4n) is 2.26. The lowest BCUT2D eigenvalue weighted by molar-refractivity contribution is -0.116. The van der Waals surface area contributed by atoms with E-state index in [0.29, 0.717) is 18.9 Å². The molecule has 1 rings (SSSR count). The van der Waals surface area contributed by atoms with Crippen molar-refractivity contribution in [3.63, 3.8) is 0 Å². The summed E-state index contributed by atoms with van der Waals surface area (Å²) in [5.41, 5.74) is 7.45. The second kappa shape index (κ2) is 8.72. The van der Waals surface area contributed by atoms with E-state index in [9.17, 15) is 4.79 Å². The van der Waals surface area contributed by atoms with Gasteiger partial charge in [-0.05, 0) is 37.6 Å². The Balaban J connectivity index is 2.33. The second-order valence-corrected chi connectivity index (χ2v) is 5.67. The first kappa shape index (κ1) is 16.7. The van der Waals surface area contributed by atoms with Gasteiger partial charge >= 0.3 is 0 Å². The number of rotatable bonds is 8. The summed E-state index contributed by atoms with van der Waals surface area (Å²) < 4.78 is 0. The van der Waals surface area contributed by atoms with Crippen LogP contribution in [-0.4, -0.2) is 30.9 Å². The van der Waals surface area contributed by atoms with Crippen molar-refractivity contribution < 1.29 is 4.79 Å². The van der Waals surface area contributed by atoms with Gasteiger partial charge in [0.2, 0.25) is 5.91 Å². The van der Waals surface area contributed by atoms with Crippen molar-refractivity contribution in [3.8, 4) is 0 Å². The summed E-state index contributed by atoms with van der Waals surface area (Å²) in [6.45, 7) is 6.86. The van der Waals surface area contributed by atoms with Gasteiger partial charge in [0.1, 0.15) is 0 Å². The third kappa shape index (κ3) is 6.17. The molecule has 0 aliphatic carbocycles. The summed E-state index contributed by atoms with van der Waals surface area (Å²) in [4.78, 5) is 14.2. The Morgan fingerprint density at radius 1 is 1.35 bits per heavy atom. The second-order valence-electron chi connectivity index (χ2n) is 5.67. The molecule has 0 aromatic heterocycles. The van der Waals surface area contributed by atoms with E-state index in [1.807, 2.05) is 24.3 Å². The lowest BCUT2D eigenvalue weighted by atomic mass is 10.1. The van der Waals surface area contributed by atoms with Crippen LogP contribution >= 0.6 is 0 Å². The van der Waals surface area contributed by atoms with Crippen molar-refractivity contribution >= 4 is 11.6 Å². The van der Waals surface area contributed by atoms with Crippen LogP contribution in [0.25, 0.3) is 0 Å². The van der Waals surface area contributed by atoms with Gasteiger partial charge < -0.3 is 16.0 Å². The van der Waals surface area contributed by atoms with Crippen LogP contribution in [0.4, 0.5) is 5.69 Å². The molecule has 0 atom stereocenters. The highest BCUT2D eigenvalue weighted by Gasteiger charge is 2.07. The van der Waals surface area contributed by atoms with E-state index in [2.05, 4.69) is 31.1 Å². The Labute approximate surface area is 122 Å². The molecule has 0 bridgehead atoms. The monoisotopic (exact) mass is 277 g/mol. The zero-order chi connectivity index (χ0) is 15.0. The Bertz CT molecular complexity index is 418. The summed E-state index contributed by atoms with van der Waals surface area (Å²) in [5, 5.41) is 2.94. The predicted molar refractivity (Wildman–Crippen MR) is 84.5 cm³/mol. The lowest BCUT2D eigenvalue weighted by Gasteiger charge is -2.18. The Hall–Kier alpha value is -1.39. The summed E-state index contributed by atoms with van der Waals surface area (Å²) >= 11 is 0. The van der Waals surface area contributed by atoms with Gasteiger partial charge in [-0.3, -0.25) is 4.79 Å². The van der Waals surface area contributed by atoms with Gasteiger partial charge in [0.05, 0.1) is 0 Å². The molecule has 0 heterocycles. The van der Waals surface area contributed by atoms with E-state index in [1.54, 1.807) is 0 Å². The van der Waals surface area contributed by atoms with Gasteiger partial charge in [-0.2, -0.15) is 0 Å². The van der Waals surface area contributed by atoms with E-state index in [0.717, 1.165) is 30.8 Å². The number of nitrogens with zero attached hydrogens (tertiary/aromatic N) is 1. The van der Waals surface area contributed by atoms with Gasteiger partial charge in [0.15, 0.2) is 0 Å². The molecule has 0 fully saturated rings. The lowest BCUT2D eigenvalue weighted by Crippen LogP contribution is -2.25. The first-order valence-corrected chi connectivity index (χ1v) is 7.29. The number of nitrogens with one attached hydrogen (secondary N) is 1. The van der Waals surface area contributed by atoms with Crippen molar-refractivity contribution in [2.45, 2.75) is 33.2 Å². The van der Waals surface area contributed by atoms with E-state index in [-0.39, 0.29) is 5.91 Å². The molecule has 0 saturated heterocycles. The standard InChI is InChI=1S/C16H27N3O/c1-13(2)12-19(3)10-6-9-16(20)18-15-8-5-4-7-14(15)11-17/h4-5,7-8,13H,6,9-12,17H2,1-3H3,(H,18,20). The van der Waals surface area contributed by atoms with Crippen molar-refractivity contribution in [2.24, 2.45) is 11.7 Å². The summed E-state index contributed by atoms with van der Waals surface area (Å²) in [6, 6.07) is 7.67. The first-order valence-electron chi connectivity index (χ1n) is 7.29. The van der Waals surface area contributed by atoms with E-state index in [4.69, 9.17) is 5.73 Å². The third-order valence-electron chi connectivity index (χ3n) is 3.13. The van der Waals surface area contributed by atoms with Crippen molar-refractivity contribution in [3.05, 3.63) is 29.8 Å². The van der Waals surface area contributed by atoms with E-state index < -0.39 is 0 Å². The minimum atomic E-state index is 0.0591. The van der Waals surface area contributed by atoms with Crippen LogP contribution in [0.5, 0.6) is 0 Å². The smallest absolute Gasteiger partial charge is 0.224 e. The van der Waals surface area contributed by atoms with Crippen LogP contribution in [-0.2, 0) is 11.3 Å². The van der Waals surface area contributed by atoms with Gasteiger partial charge in [-0.1, -0.05) is 32.0 Å². The number of carbonyl (C=O) groups excluding carboxylic acids is 1. The number of benzene rings is 1. The predicted octanol–water partition coefficient (Wildman–Crippen LogP) is 2.45. The molecule has 0 radical (unpaired) electrons. The molecule has 0 aliphatic heterocycles. The molecule has 0 saturated carbocycles. The molecule has 0 unspecified atom stereocenters. The van der Waals surface area contributed by atoms with Crippen molar-refractivity contribution in [1.29, 1.82) is 0 Å². The summed E-state index contributed by atoms with van der Waals surface area (Å²) in [7, 11) is 2.10. The van der Waals surface area contributed by atoms with Crippen LogP contribution in [0.1, 0.15) is 32.3 Å². The molecule has 4 nitrogen and oxygen atoms in total. The molecule has 3 N–H and O–H groups in total. The zero-order valence-corrected chi connectivity index (χ0v) is 12.9. The minimum absolute atomic E-state index is 0.0591. The highest BCUT2D eigenvalue weighted by molar-refractivity contribution is 5.91. The van der Waals surface area contributed by atoms with Crippen molar-refractivity contribution in [2.75, 3.05) is 25.5 Å². The average Bonchev–Trinajstić information content (AvgIpc) is 2.38. The Kier molecular flexibility index (Phi) is 7.26. The van der Waals surface area contributed by atoms with E-state index >= 15 is 0 Å². The number of anilines is 1. The maximum absolute atomic E-state index is 11.9. The summed E-state index contributed by atoms with van der Waals surface area (Å²) in [5.74, 6) is 0.717. The van der Waals surface area contributed by atoms with Crippen LogP contribution in [0.3, 0.4) is 0 Å². The topological polar surface area (TPSA) is 58.4 Å². The van der Waals surface area contributed by atoms with Gasteiger partial charge in [0.25, 0.3) is 0 Å². The van der Waals surface area contributed by atoms with E-state index in [1.165, 1.54) is 0 Å². The third-order valence-corrected chi connectivity index (χ3v) is 3.13. The Morgan fingerprint density at radius 2 is 2.05 bits per heavy atom. The van der Waals surface area contributed by atoms with Crippen LogP contribution in [0, 0.1) is 5.92 Å². The number of carbonyl (C=O) groups is 1. The molecule has 1 amide bonds. The van der Waals surface area contributed by atoms with Gasteiger partial charge in [-0.15, -0.1) is 0 Å². The van der Waals surface area contributed by atoms with Crippen molar-refractivity contribution in [1.82, 2.24) is 4.90 Å². The number of amides is 1. The SMILES string of the molecule is CC(C)CN(C)CCCC(=O)Nc1ccccc1CN. The average molecular weight is 277 g/mol. The number of para-hydroxylation sites is 1. The maximum Gasteiger partial charge on any atom is 0.224 e. The van der Waals surface area contributed by atoms with Crippen LogP contribution in [0.15, 0.2) is 24.3 Å². The molecule has 0 spiro atoms. The fraction of sp³-hybridized carbons (Fsp3) is 0.562. The molecule has 4 heteroatoms. The largest absolute Gasteiger partial charge is 0.326 e. The number of hydrogen-bond acceptors (Lipinski definition) is 3. The van der Waals surface area contributed by atoms with Crippen LogP contribution in [0.2, 0.25) is 0 Å². The Morgan fingerprint density at radius 3 is 2.70 bits per heavy atom. The highest BCUT2D eigenvalue weighted by atomic mass is 16.1. The molecule has 20 heavy (non-hydrogen) atoms. The maximum atomic E-state index is 11.9. The zero-order valence-electron chi connectivity index (χ0n) is 12.9. The molecule has 0 aliphatic rings. The minimum Gasteiger partial charge on any atom is -0.326 e. The quantitative estimate of drug-likeness (QED) is 0.767. The fourth-order valence-corrected chi connectivity index (χ4v) is 2.26. The molecular weight excluding hydrogens is 250 g/mol. The first-order chi connectivity index (χ1) is 9.52. The molecule has 1 aromatic carbocycles. The molecule has 112 valence electrons. The summed E-state index contributed by atoms with van der Waals surface area (Å²) in [6.07, 6.45) is 1.42. The van der Waals surface area contributed by atoms with Crippen LogP contribution < -0.4 is 11.1 Å². The number of nitrogens with two attached hydrogens (primary N) is 1. The van der Waals surface area contributed by atoms with Gasteiger partial charge in [-0.25, -0.2) is 0 Å². The molecular formula is C16H27N3O. The molecule has 1 aromatic rings. The highest BCUT2D eigenvalue weighted by Crippen LogP contribution is 2.14. The number of hydrogen-bond donors (Lipinski definition) is 2. The van der Waals surface area contributed by atoms with Gasteiger partial charge in [0, 0.05) is 25.2 Å².